The third-order valence-corrected chi connectivity index (χ3v) is 7.86. The molecule has 0 atom stereocenters. The van der Waals surface area contributed by atoms with E-state index in [9.17, 15) is 9.59 Å². The average Bonchev–Trinajstić information content (AvgIpc) is 3.52. The van der Waals surface area contributed by atoms with E-state index >= 15 is 0 Å². The summed E-state index contributed by atoms with van der Waals surface area (Å²) in [6.45, 7) is 3.13. The third-order valence-electron chi connectivity index (χ3n) is 7.27. The van der Waals surface area contributed by atoms with Crippen molar-refractivity contribution in [3.8, 4) is 11.1 Å². The Morgan fingerprint density at radius 3 is 2.38 bits per heavy atom. The predicted octanol–water partition coefficient (Wildman–Crippen LogP) is 4.54. The largest absolute Gasteiger partial charge is 0.469 e. The molecular formula is C28H34Cl2N6O4. The van der Waals surface area contributed by atoms with Gasteiger partial charge in [-0.25, -0.2) is 4.79 Å². The summed E-state index contributed by atoms with van der Waals surface area (Å²) in [5.74, 6) is -0.456. The first-order valence-electron chi connectivity index (χ1n) is 12.8. The first-order valence-corrected chi connectivity index (χ1v) is 13.7. The van der Waals surface area contributed by atoms with Crippen LogP contribution in [0.5, 0.6) is 0 Å². The summed E-state index contributed by atoms with van der Waals surface area (Å²) in [7, 11) is 10.3. The SMILES string of the molecule is COC(=O)CCc1c(C(=O)OC)n(C)c2c(-c3c(CN(C)Cc4cc(CCl)n(C)n4)nn(C)c3C)c(Cl)ccc12. The number of fused-ring (bicyclic) bond motifs is 1. The maximum absolute atomic E-state index is 12.9. The second-order valence-electron chi connectivity index (χ2n) is 9.86. The van der Waals surface area contributed by atoms with Crippen LogP contribution in [0, 0.1) is 6.92 Å². The second-order valence-corrected chi connectivity index (χ2v) is 10.5. The number of hydrogen-bond donors (Lipinski definition) is 0. The van der Waals surface area contributed by atoms with Crippen molar-refractivity contribution in [1.29, 1.82) is 0 Å². The van der Waals surface area contributed by atoms with Gasteiger partial charge in [0, 0.05) is 62.9 Å². The number of carbonyl (C=O) groups is 2. The standard InChI is InChI=1S/C28H34Cl2N6O4/c1-16-24(22(32-35(16)4)15-33(2)14-17-12-18(13-29)36(5)31-17)25-21(30)10-8-19-20(9-11-23(37)39-6)27(28(38)40-7)34(3)26(19)25/h8,10,12H,9,11,13-15H2,1-7H3. The maximum Gasteiger partial charge on any atom is 0.354 e. The number of halogens is 2. The van der Waals surface area contributed by atoms with E-state index in [2.05, 4.69) is 10.00 Å². The van der Waals surface area contributed by atoms with E-state index in [1.165, 1.54) is 14.2 Å². The Labute approximate surface area is 243 Å². The van der Waals surface area contributed by atoms with Crippen LogP contribution in [0.4, 0.5) is 0 Å². The molecule has 0 fully saturated rings. The molecule has 0 aliphatic carbocycles. The van der Waals surface area contributed by atoms with Crippen molar-refractivity contribution < 1.29 is 19.1 Å². The van der Waals surface area contributed by atoms with Crippen LogP contribution in [0.25, 0.3) is 22.0 Å². The number of ether oxygens (including phenoxy) is 2. The number of alkyl halides is 1. The number of rotatable bonds is 10. The normalized spacial score (nSPS) is 11.6. The van der Waals surface area contributed by atoms with Crippen molar-refractivity contribution in [2.75, 3.05) is 21.3 Å². The molecule has 1 aromatic carbocycles. The van der Waals surface area contributed by atoms with E-state index < -0.39 is 5.97 Å². The number of carbonyl (C=O) groups excluding carboxylic acids is 2. The number of esters is 2. The van der Waals surface area contributed by atoms with Crippen molar-refractivity contribution in [2.45, 2.75) is 38.7 Å². The fourth-order valence-electron chi connectivity index (χ4n) is 5.25. The lowest BCUT2D eigenvalue weighted by Crippen LogP contribution is -2.18. The molecule has 0 bridgehead atoms. The fourth-order valence-corrected chi connectivity index (χ4v) is 5.75. The maximum atomic E-state index is 12.9. The summed E-state index contributed by atoms with van der Waals surface area (Å²) in [6, 6.07) is 5.70. The summed E-state index contributed by atoms with van der Waals surface area (Å²) < 4.78 is 15.4. The van der Waals surface area contributed by atoms with Gasteiger partial charge in [0.2, 0.25) is 0 Å². The Hall–Kier alpha value is -3.34. The van der Waals surface area contributed by atoms with Crippen molar-refractivity contribution in [3.63, 3.8) is 0 Å². The molecule has 40 heavy (non-hydrogen) atoms. The van der Waals surface area contributed by atoms with Crippen LogP contribution in [0.1, 0.15) is 45.2 Å². The van der Waals surface area contributed by atoms with Gasteiger partial charge in [-0.2, -0.15) is 10.2 Å². The predicted molar refractivity (Wildman–Crippen MR) is 154 cm³/mol. The Morgan fingerprint density at radius 1 is 1.02 bits per heavy atom. The van der Waals surface area contributed by atoms with Gasteiger partial charge in [0.1, 0.15) is 5.69 Å². The van der Waals surface area contributed by atoms with Gasteiger partial charge in [0.25, 0.3) is 0 Å². The Kier molecular flexibility index (Phi) is 8.92. The van der Waals surface area contributed by atoms with Crippen LogP contribution in [0.2, 0.25) is 5.02 Å². The number of methoxy groups -OCH3 is 2. The molecule has 12 heteroatoms. The molecule has 0 aliphatic heterocycles. The lowest BCUT2D eigenvalue weighted by Gasteiger charge is -2.16. The van der Waals surface area contributed by atoms with Crippen molar-refractivity contribution in [2.24, 2.45) is 21.1 Å². The number of hydrogen-bond acceptors (Lipinski definition) is 7. The van der Waals surface area contributed by atoms with Crippen molar-refractivity contribution in [3.05, 3.63) is 57.3 Å². The van der Waals surface area contributed by atoms with Crippen LogP contribution in [-0.2, 0) is 60.8 Å². The topological polar surface area (TPSA) is 96.4 Å². The van der Waals surface area contributed by atoms with Gasteiger partial charge in [-0.3, -0.25) is 19.1 Å². The van der Waals surface area contributed by atoms with Gasteiger partial charge in [0.05, 0.1) is 47.7 Å². The quantitative estimate of drug-likeness (QED) is 0.198. The van der Waals surface area contributed by atoms with Crippen molar-refractivity contribution >= 4 is 46.0 Å². The molecule has 0 unspecified atom stereocenters. The highest BCUT2D eigenvalue weighted by Crippen LogP contribution is 2.42. The first kappa shape index (κ1) is 29.6. The smallest absolute Gasteiger partial charge is 0.354 e. The highest BCUT2D eigenvalue weighted by Gasteiger charge is 2.28. The average molecular weight is 590 g/mol. The minimum atomic E-state index is -0.491. The van der Waals surface area contributed by atoms with Crippen LogP contribution >= 0.6 is 23.2 Å². The summed E-state index contributed by atoms with van der Waals surface area (Å²) >= 11 is 12.9. The minimum Gasteiger partial charge on any atom is -0.469 e. The van der Waals surface area contributed by atoms with Gasteiger partial charge in [-0.05, 0) is 38.1 Å². The molecule has 4 aromatic rings. The lowest BCUT2D eigenvalue weighted by molar-refractivity contribution is -0.140. The van der Waals surface area contributed by atoms with E-state index in [1.807, 2.05) is 58.0 Å². The minimum absolute atomic E-state index is 0.123. The van der Waals surface area contributed by atoms with Gasteiger partial charge in [-0.15, -0.1) is 11.6 Å². The Balaban J connectivity index is 1.84. The molecule has 0 spiro atoms. The van der Waals surface area contributed by atoms with Crippen LogP contribution in [-0.4, -0.2) is 62.2 Å². The van der Waals surface area contributed by atoms with Crippen molar-refractivity contribution in [1.82, 2.24) is 29.0 Å². The Morgan fingerprint density at radius 2 is 1.75 bits per heavy atom. The molecule has 214 valence electrons. The highest BCUT2D eigenvalue weighted by atomic mass is 35.5. The molecule has 10 nitrogen and oxygen atoms in total. The molecular weight excluding hydrogens is 555 g/mol. The second kappa shape index (κ2) is 12.0. The van der Waals surface area contributed by atoms with Gasteiger partial charge >= 0.3 is 11.9 Å². The zero-order chi connectivity index (χ0) is 29.3. The molecule has 0 radical (unpaired) electrons. The number of benzene rings is 1. The fraction of sp³-hybridized carbons (Fsp3) is 0.429. The molecule has 3 aromatic heterocycles. The van der Waals surface area contributed by atoms with Crippen LogP contribution in [0.15, 0.2) is 18.2 Å². The number of aromatic nitrogens is 5. The molecule has 0 saturated heterocycles. The van der Waals surface area contributed by atoms with E-state index in [0.717, 1.165) is 44.8 Å². The summed E-state index contributed by atoms with van der Waals surface area (Å²) in [6.07, 6.45) is 0.435. The summed E-state index contributed by atoms with van der Waals surface area (Å²) in [4.78, 5) is 27.1. The summed E-state index contributed by atoms with van der Waals surface area (Å²) in [5, 5.41) is 10.8. The van der Waals surface area contributed by atoms with E-state index in [4.69, 9.17) is 37.8 Å². The number of aryl methyl sites for hydroxylation is 4. The first-order chi connectivity index (χ1) is 19.0. The van der Waals surface area contributed by atoms with Crippen LogP contribution < -0.4 is 0 Å². The monoisotopic (exact) mass is 588 g/mol. The number of nitrogens with zero attached hydrogens (tertiary/aromatic N) is 6. The molecule has 0 N–H and O–H groups in total. The molecule has 0 saturated carbocycles. The molecule has 3 heterocycles. The van der Waals surface area contributed by atoms with Gasteiger partial charge < -0.3 is 14.0 Å². The van der Waals surface area contributed by atoms with E-state index in [0.29, 0.717) is 41.7 Å². The Bertz CT molecular complexity index is 1590. The molecule has 4 rings (SSSR count). The van der Waals surface area contributed by atoms with E-state index in [1.54, 1.807) is 9.25 Å². The zero-order valence-corrected chi connectivity index (χ0v) is 25.4. The third kappa shape index (κ3) is 5.48. The summed E-state index contributed by atoms with van der Waals surface area (Å²) in [5.41, 5.74) is 7.13. The van der Waals surface area contributed by atoms with Gasteiger partial charge in [-0.1, -0.05) is 17.7 Å². The highest BCUT2D eigenvalue weighted by molar-refractivity contribution is 6.35. The molecule has 0 aliphatic rings. The lowest BCUT2D eigenvalue weighted by atomic mass is 9.98. The van der Waals surface area contributed by atoms with E-state index in [-0.39, 0.29) is 12.4 Å². The zero-order valence-electron chi connectivity index (χ0n) is 23.8. The van der Waals surface area contributed by atoms with Gasteiger partial charge in [0.15, 0.2) is 0 Å². The molecule has 0 amide bonds. The van der Waals surface area contributed by atoms with Crippen LogP contribution in [0.3, 0.4) is 0 Å².